The Labute approximate surface area is 164 Å². The van der Waals surface area contributed by atoms with Crippen LogP contribution in [0.1, 0.15) is 31.0 Å². The van der Waals surface area contributed by atoms with Crippen LogP contribution in [-0.4, -0.2) is 27.6 Å². The molecule has 1 aromatic carbocycles. The third-order valence-electron chi connectivity index (χ3n) is 4.61. The van der Waals surface area contributed by atoms with E-state index in [1.54, 1.807) is 12.1 Å². The Kier molecular flexibility index (Phi) is 5.04. The van der Waals surface area contributed by atoms with Crippen molar-refractivity contribution in [3.63, 3.8) is 0 Å². The van der Waals surface area contributed by atoms with Gasteiger partial charge in [0.2, 0.25) is 5.91 Å². The predicted molar refractivity (Wildman–Crippen MR) is 97.8 cm³/mol. The zero-order valence-corrected chi connectivity index (χ0v) is 15.4. The predicted octanol–water partition coefficient (Wildman–Crippen LogP) is 4.36. The summed E-state index contributed by atoms with van der Waals surface area (Å²) >= 11 is 5.83. The van der Waals surface area contributed by atoms with E-state index in [9.17, 15) is 13.6 Å². The molecule has 0 bridgehead atoms. The van der Waals surface area contributed by atoms with E-state index in [0.717, 1.165) is 12.1 Å². The molecule has 1 saturated heterocycles. The lowest BCUT2D eigenvalue weighted by Crippen LogP contribution is -2.31. The summed E-state index contributed by atoms with van der Waals surface area (Å²) in [7, 11) is 0. The third kappa shape index (κ3) is 3.73. The van der Waals surface area contributed by atoms with E-state index in [1.165, 1.54) is 17.2 Å². The third-order valence-corrected chi connectivity index (χ3v) is 4.83. The molecule has 144 valence electrons. The van der Waals surface area contributed by atoms with Gasteiger partial charge in [0, 0.05) is 31.1 Å². The molecular formula is C19H15ClF2N4O2. The Balaban J connectivity index is 1.53. The zero-order chi connectivity index (χ0) is 19.7. The van der Waals surface area contributed by atoms with Crippen LogP contribution in [0.25, 0.3) is 11.6 Å². The minimum Gasteiger partial charge on any atom is -0.332 e. The number of halogens is 3. The van der Waals surface area contributed by atoms with Crippen molar-refractivity contribution in [1.82, 2.24) is 15.1 Å². The van der Waals surface area contributed by atoms with Gasteiger partial charge in [0.25, 0.3) is 5.89 Å². The number of amides is 1. The highest BCUT2D eigenvalue weighted by atomic mass is 35.5. The first-order valence-electron chi connectivity index (χ1n) is 8.72. The van der Waals surface area contributed by atoms with Gasteiger partial charge in [-0.2, -0.15) is 4.98 Å². The molecular weight excluding hydrogens is 390 g/mol. The maximum absolute atomic E-state index is 14.1. The average molecular weight is 405 g/mol. The van der Waals surface area contributed by atoms with Crippen molar-refractivity contribution in [2.45, 2.75) is 25.2 Å². The number of pyridine rings is 1. The molecule has 3 heterocycles. The number of carbonyl (C=O) groups is 1. The lowest BCUT2D eigenvalue weighted by Gasteiger charge is -2.21. The highest BCUT2D eigenvalue weighted by molar-refractivity contribution is 6.30. The van der Waals surface area contributed by atoms with Gasteiger partial charge in [-0.15, -0.1) is 0 Å². The van der Waals surface area contributed by atoms with E-state index >= 15 is 0 Å². The molecule has 1 aliphatic rings. The number of hydrogen-bond donors (Lipinski definition) is 0. The monoisotopic (exact) mass is 404 g/mol. The highest BCUT2D eigenvalue weighted by Crippen LogP contribution is 2.31. The van der Waals surface area contributed by atoms with Crippen LogP contribution in [0, 0.1) is 11.6 Å². The summed E-state index contributed by atoms with van der Waals surface area (Å²) in [5, 5.41) is 4.48. The summed E-state index contributed by atoms with van der Waals surface area (Å²) in [5.41, 5.74) is 0.560. The molecule has 6 nitrogen and oxygen atoms in total. The second-order valence-electron chi connectivity index (χ2n) is 6.50. The number of benzene rings is 1. The molecule has 0 aliphatic carbocycles. The molecule has 3 aromatic rings. The number of carbonyl (C=O) groups excluding carboxylic acids is 1. The molecule has 0 N–H and O–H groups in total. The van der Waals surface area contributed by atoms with Crippen LogP contribution in [-0.2, 0) is 4.79 Å². The molecule has 2 aromatic heterocycles. The Bertz CT molecular complexity index is 1010. The molecule has 0 radical (unpaired) electrons. The first kappa shape index (κ1) is 18.5. The molecule has 9 heteroatoms. The van der Waals surface area contributed by atoms with Crippen molar-refractivity contribution in [2.24, 2.45) is 0 Å². The van der Waals surface area contributed by atoms with Gasteiger partial charge in [0.1, 0.15) is 17.3 Å². The lowest BCUT2D eigenvalue weighted by molar-refractivity contribution is -0.118. The molecule has 1 amide bonds. The highest BCUT2D eigenvalue weighted by Gasteiger charge is 2.30. The van der Waals surface area contributed by atoms with Gasteiger partial charge in [0.05, 0.1) is 10.7 Å². The van der Waals surface area contributed by atoms with E-state index in [2.05, 4.69) is 15.1 Å². The first-order chi connectivity index (χ1) is 13.5. The fourth-order valence-electron chi connectivity index (χ4n) is 3.23. The zero-order valence-electron chi connectivity index (χ0n) is 14.6. The van der Waals surface area contributed by atoms with E-state index in [1.807, 2.05) is 0 Å². The van der Waals surface area contributed by atoms with Crippen LogP contribution < -0.4 is 4.90 Å². The van der Waals surface area contributed by atoms with Gasteiger partial charge in [-0.25, -0.2) is 13.8 Å². The van der Waals surface area contributed by atoms with Crippen LogP contribution >= 0.6 is 11.6 Å². The molecule has 0 saturated carbocycles. The normalized spacial score (nSPS) is 17.6. The Morgan fingerprint density at radius 2 is 2.07 bits per heavy atom. The second kappa shape index (κ2) is 7.63. The fraction of sp³-hybridized carbons (Fsp3) is 0.263. The number of anilines is 1. The Morgan fingerprint density at radius 3 is 2.82 bits per heavy atom. The van der Waals surface area contributed by atoms with Gasteiger partial charge in [-0.1, -0.05) is 16.8 Å². The van der Waals surface area contributed by atoms with Gasteiger partial charge < -0.3 is 9.42 Å². The summed E-state index contributed by atoms with van der Waals surface area (Å²) in [6, 6.07) is 6.52. The second-order valence-corrected chi connectivity index (χ2v) is 6.94. The van der Waals surface area contributed by atoms with Crippen LogP contribution in [0.4, 0.5) is 14.5 Å². The molecule has 0 spiro atoms. The van der Waals surface area contributed by atoms with E-state index in [4.69, 9.17) is 16.1 Å². The lowest BCUT2D eigenvalue weighted by atomic mass is 10.00. The Hall–Kier alpha value is -2.87. The van der Waals surface area contributed by atoms with Crippen LogP contribution in [0.2, 0.25) is 5.02 Å². The molecule has 1 aliphatic heterocycles. The topological polar surface area (TPSA) is 72.1 Å². The average Bonchev–Trinajstić information content (AvgIpc) is 3.08. The molecule has 28 heavy (non-hydrogen) atoms. The Morgan fingerprint density at radius 1 is 1.21 bits per heavy atom. The van der Waals surface area contributed by atoms with Crippen LogP contribution in [0.15, 0.2) is 41.1 Å². The summed E-state index contributed by atoms with van der Waals surface area (Å²) in [5.74, 6) is -1.33. The number of rotatable bonds is 3. The van der Waals surface area contributed by atoms with Gasteiger partial charge in [-0.3, -0.25) is 4.79 Å². The summed E-state index contributed by atoms with van der Waals surface area (Å²) in [6.07, 6.45) is 2.84. The molecule has 4 rings (SSSR count). The van der Waals surface area contributed by atoms with E-state index in [0.29, 0.717) is 35.9 Å². The van der Waals surface area contributed by atoms with E-state index < -0.39 is 11.6 Å². The number of aromatic nitrogens is 3. The maximum atomic E-state index is 14.1. The van der Waals surface area contributed by atoms with E-state index in [-0.39, 0.29) is 29.8 Å². The fourth-order valence-corrected chi connectivity index (χ4v) is 3.34. The SMILES string of the molecule is O=C1CC(c2noc(-c3ccc(Cl)cn3)n2)CCCN1c1ccc(F)cc1F. The van der Waals surface area contributed by atoms with Crippen molar-refractivity contribution in [3.05, 3.63) is 59.0 Å². The summed E-state index contributed by atoms with van der Waals surface area (Å²) in [4.78, 5) is 22.5. The number of nitrogens with zero attached hydrogens (tertiary/aromatic N) is 4. The van der Waals surface area contributed by atoms with Crippen LogP contribution in [0.5, 0.6) is 0 Å². The standard InChI is InChI=1S/C19H15ClF2N4O2/c20-12-3-5-15(23-10-12)19-24-18(25-28-19)11-2-1-7-26(17(27)8-11)16-6-4-13(21)9-14(16)22/h3-6,9-11H,1-2,7-8H2. The first-order valence-corrected chi connectivity index (χ1v) is 9.10. The summed E-state index contributed by atoms with van der Waals surface area (Å²) in [6.45, 7) is 0.335. The summed E-state index contributed by atoms with van der Waals surface area (Å²) < 4.78 is 32.5. The molecule has 1 fully saturated rings. The maximum Gasteiger partial charge on any atom is 0.276 e. The van der Waals surface area contributed by atoms with Crippen molar-refractivity contribution in [2.75, 3.05) is 11.4 Å². The van der Waals surface area contributed by atoms with Gasteiger partial charge in [-0.05, 0) is 37.1 Å². The van der Waals surface area contributed by atoms with Crippen molar-refractivity contribution < 1.29 is 18.1 Å². The van der Waals surface area contributed by atoms with Gasteiger partial charge >= 0.3 is 0 Å². The van der Waals surface area contributed by atoms with Gasteiger partial charge in [0.15, 0.2) is 5.82 Å². The van der Waals surface area contributed by atoms with Crippen molar-refractivity contribution >= 4 is 23.2 Å². The largest absolute Gasteiger partial charge is 0.332 e. The smallest absolute Gasteiger partial charge is 0.276 e. The van der Waals surface area contributed by atoms with Crippen molar-refractivity contribution in [1.29, 1.82) is 0 Å². The minimum atomic E-state index is -0.762. The van der Waals surface area contributed by atoms with Crippen LogP contribution in [0.3, 0.4) is 0 Å². The quantitative estimate of drug-likeness (QED) is 0.648. The molecule has 1 unspecified atom stereocenters. The minimum absolute atomic E-state index is 0.0752. The molecule has 1 atom stereocenters. The number of hydrogen-bond acceptors (Lipinski definition) is 5. The van der Waals surface area contributed by atoms with Crippen molar-refractivity contribution in [3.8, 4) is 11.6 Å².